The molecule has 9 heteroatoms. The number of methoxy groups -OCH3 is 1. The Balaban J connectivity index is 1.84. The highest BCUT2D eigenvalue weighted by atomic mass is 16.5. The number of carbonyl (C=O) groups excluding carboxylic acids is 1. The van der Waals surface area contributed by atoms with Crippen LogP contribution in [0.5, 0.6) is 5.88 Å². The minimum Gasteiger partial charge on any atom is -0.493 e. The number of ether oxygens (including phenoxy) is 1. The number of carbonyl (C=O) groups is 2. The Kier molecular flexibility index (Phi) is 5.46. The average molecular weight is 434 g/mol. The molecular formula is C23H18N2O7. The Bertz CT molecular complexity index is 1390. The van der Waals surface area contributed by atoms with Crippen molar-refractivity contribution in [3.05, 3.63) is 88.0 Å². The number of nitrogens with zero attached hydrogens (tertiary/aromatic N) is 2. The fourth-order valence-electron chi connectivity index (χ4n) is 3.49. The number of furan rings is 1. The van der Waals surface area contributed by atoms with Gasteiger partial charge < -0.3 is 19.4 Å². The number of rotatable bonds is 6. The van der Waals surface area contributed by atoms with Crippen molar-refractivity contribution in [1.29, 1.82) is 0 Å². The zero-order valence-electron chi connectivity index (χ0n) is 16.9. The van der Waals surface area contributed by atoms with Crippen molar-refractivity contribution in [2.24, 2.45) is 0 Å². The Hall–Kier alpha value is -4.40. The van der Waals surface area contributed by atoms with Gasteiger partial charge in [-0.05, 0) is 36.4 Å². The van der Waals surface area contributed by atoms with E-state index < -0.39 is 29.3 Å². The molecule has 0 fully saturated rings. The summed E-state index contributed by atoms with van der Waals surface area (Å²) in [6.45, 7) is 0. The Morgan fingerprint density at radius 3 is 2.72 bits per heavy atom. The highest BCUT2D eigenvalue weighted by molar-refractivity contribution is 5.89. The predicted octanol–water partition coefficient (Wildman–Crippen LogP) is 3.05. The Morgan fingerprint density at radius 2 is 1.97 bits per heavy atom. The third-order valence-electron chi connectivity index (χ3n) is 5.06. The summed E-state index contributed by atoms with van der Waals surface area (Å²) in [7, 11) is 1.22. The van der Waals surface area contributed by atoms with E-state index in [1.807, 2.05) is 0 Å². The summed E-state index contributed by atoms with van der Waals surface area (Å²) in [5, 5.41) is 19.8. The first kappa shape index (κ1) is 20.9. The molecule has 0 saturated carbocycles. The van der Waals surface area contributed by atoms with Crippen LogP contribution in [-0.2, 0) is 9.53 Å². The van der Waals surface area contributed by atoms with Gasteiger partial charge in [0.05, 0.1) is 30.6 Å². The first-order chi connectivity index (χ1) is 15.4. The number of pyridine rings is 1. The summed E-state index contributed by atoms with van der Waals surface area (Å²) < 4.78 is 11.9. The smallest absolute Gasteiger partial charge is 0.335 e. The van der Waals surface area contributed by atoms with Gasteiger partial charge in [-0.1, -0.05) is 18.2 Å². The van der Waals surface area contributed by atoms with E-state index in [-0.39, 0.29) is 29.0 Å². The quantitative estimate of drug-likeness (QED) is 0.443. The fraction of sp³-hybridized carbons (Fsp3) is 0.130. The van der Waals surface area contributed by atoms with Crippen molar-refractivity contribution >= 4 is 17.6 Å². The monoisotopic (exact) mass is 434 g/mol. The topological polar surface area (TPSA) is 131 Å². The second-order valence-corrected chi connectivity index (χ2v) is 7.00. The molecule has 162 valence electrons. The molecule has 0 radical (unpaired) electrons. The molecule has 3 aromatic heterocycles. The lowest BCUT2D eigenvalue weighted by Crippen LogP contribution is -2.24. The van der Waals surface area contributed by atoms with Crippen LogP contribution in [0.4, 0.5) is 0 Å². The van der Waals surface area contributed by atoms with Crippen molar-refractivity contribution in [3.8, 4) is 17.2 Å². The molecule has 4 aromatic rings. The molecule has 0 saturated heterocycles. The molecule has 0 amide bonds. The summed E-state index contributed by atoms with van der Waals surface area (Å²) in [4.78, 5) is 40.6. The molecule has 32 heavy (non-hydrogen) atoms. The predicted molar refractivity (Wildman–Crippen MR) is 113 cm³/mol. The van der Waals surface area contributed by atoms with Crippen molar-refractivity contribution in [1.82, 2.24) is 9.38 Å². The molecule has 9 nitrogen and oxygen atoms in total. The summed E-state index contributed by atoms with van der Waals surface area (Å²) in [5.41, 5.74) is 0.181. The fourth-order valence-corrected chi connectivity index (χ4v) is 3.49. The molecule has 2 N–H and O–H groups in total. The maximum absolute atomic E-state index is 13.1. The van der Waals surface area contributed by atoms with Crippen LogP contribution in [0, 0.1) is 0 Å². The summed E-state index contributed by atoms with van der Waals surface area (Å²) in [6.07, 6.45) is 1.23. The number of aromatic hydroxyl groups is 1. The average Bonchev–Trinajstić information content (AvgIpc) is 3.28. The molecule has 0 spiro atoms. The SMILES string of the molecule is COC(=O)C[C@H](c1ccc(-c2cccc(C(=O)O)c2)o1)c1c(O)nc2ccccn2c1=O. The number of aromatic carboxylic acids is 1. The van der Waals surface area contributed by atoms with Crippen LogP contribution in [0.3, 0.4) is 0 Å². The first-order valence-electron chi connectivity index (χ1n) is 9.59. The second kappa shape index (κ2) is 8.38. The van der Waals surface area contributed by atoms with E-state index in [1.54, 1.807) is 42.5 Å². The normalized spacial score (nSPS) is 11.9. The standard InChI is InChI=1S/C23H18N2O7/c1-31-19(26)12-15(20-21(27)24-18-7-2-3-10-25(18)22(20)28)17-9-8-16(32-17)13-5-4-6-14(11-13)23(29)30/h2-11,15,27H,12H2,1H3,(H,29,30)/t15-/m1/s1. The number of fused-ring (bicyclic) bond motifs is 1. The van der Waals surface area contributed by atoms with E-state index >= 15 is 0 Å². The highest BCUT2D eigenvalue weighted by Crippen LogP contribution is 2.34. The zero-order valence-corrected chi connectivity index (χ0v) is 16.9. The highest BCUT2D eigenvalue weighted by Gasteiger charge is 2.29. The largest absolute Gasteiger partial charge is 0.493 e. The molecule has 3 heterocycles. The van der Waals surface area contributed by atoms with E-state index in [0.29, 0.717) is 11.3 Å². The van der Waals surface area contributed by atoms with Gasteiger partial charge in [-0.2, -0.15) is 4.98 Å². The first-order valence-corrected chi connectivity index (χ1v) is 9.59. The van der Waals surface area contributed by atoms with E-state index in [1.165, 1.54) is 29.8 Å². The van der Waals surface area contributed by atoms with E-state index in [9.17, 15) is 24.6 Å². The van der Waals surface area contributed by atoms with Crippen LogP contribution in [0.25, 0.3) is 17.0 Å². The van der Waals surface area contributed by atoms with Gasteiger partial charge in [0.1, 0.15) is 17.2 Å². The number of aromatic nitrogens is 2. The van der Waals surface area contributed by atoms with Crippen LogP contribution < -0.4 is 5.56 Å². The summed E-state index contributed by atoms with van der Waals surface area (Å²) in [5.74, 6) is -2.63. The molecule has 4 rings (SSSR count). The summed E-state index contributed by atoms with van der Waals surface area (Å²) in [6, 6.07) is 14.2. The van der Waals surface area contributed by atoms with Crippen LogP contribution >= 0.6 is 0 Å². The lowest BCUT2D eigenvalue weighted by atomic mass is 9.94. The maximum Gasteiger partial charge on any atom is 0.335 e. The molecule has 0 aliphatic heterocycles. The third-order valence-corrected chi connectivity index (χ3v) is 5.06. The van der Waals surface area contributed by atoms with E-state index in [2.05, 4.69) is 4.98 Å². The van der Waals surface area contributed by atoms with Crippen molar-refractivity contribution < 1.29 is 29.0 Å². The number of carboxylic acids is 1. The molecule has 1 aromatic carbocycles. The molecule has 0 unspecified atom stereocenters. The lowest BCUT2D eigenvalue weighted by molar-refractivity contribution is -0.140. The molecule has 0 aliphatic carbocycles. The van der Waals surface area contributed by atoms with Gasteiger partial charge in [-0.3, -0.25) is 14.0 Å². The molecule has 0 aliphatic rings. The van der Waals surface area contributed by atoms with E-state index in [0.717, 1.165) is 0 Å². The van der Waals surface area contributed by atoms with Crippen LogP contribution in [0.1, 0.15) is 34.0 Å². The van der Waals surface area contributed by atoms with Gasteiger partial charge in [-0.15, -0.1) is 0 Å². The second-order valence-electron chi connectivity index (χ2n) is 7.00. The molecule has 1 atom stereocenters. The summed E-state index contributed by atoms with van der Waals surface area (Å²) >= 11 is 0. The number of carboxylic acid groups (broad SMARTS) is 1. The van der Waals surface area contributed by atoms with Gasteiger partial charge in [0.15, 0.2) is 0 Å². The Morgan fingerprint density at radius 1 is 1.16 bits per heavy atom. The van der Waals surface area contributed by atoms with Gasteiger partial charge in [0, 0.05) is 11.8 Å². The lowest BCUT2D eigenvalue weighted by Gasteiger charge is -2.15. The van der Waals surface area contributed by atoms with Crippen molar-refractivity contribution in [2.45, 2.75) is 12.3 Å². The minimum atomic E-state index is -1.08. The van der Waals surface area contributed by atoms with Gasteiger partial charge in [0.2, 0.25) is 5.88 Å². The van der Waals surface area contributed by atoms with Crippen LogP contribution in [-0.4, -0.2) is 38.6 Å². The van der Waals surface area contributed by atoms with Gasteiger partial charge in [0.25, 0.3) is 5.56 Å². The molecular weight excluding hydrogens is 416 g/mol. The Labute approximate surface area is 181 Å². The van der Waals surface area contributed by atoms with Gasteiger partial charge in [-0.25, -0.2) is 4.79 Å². The zero-order chi connectivity index (χ0) is 22.8. The van der Waals surface area contributed by atoms with Crippen LogP contribution in [0.2, 0.25) is 0 Å². The van der Waals surface area contributed by atoms with Crippen LogP contribution in [0.15, 0.2) is 70.0 Å². The number of hydrogen-bond acceptors (Lipinski definition) is 7. The van der Waals surface area contributed by atoms with E-state index in [4.69, 9.17) is 9.15 Å². The van der Waals surface area contributed by atoms with Crippen molar-refractivity contribution in [3.63, 3.8) is 0 Å². The molecule has 0 bridgehead atoms. The maximum atomic E-state index is 13.1. The third kappa shape index (κ3) is 3.83. The minimum absolute atomic E-state index is 0.0844. The number of esters is 1. The number of benzene rings is 1. The van der Waals surface area contributed by atoms with Crippen molar-refractivity contribution in [2.75, 3.05) is 7.11 Å². The number of hydrogen-bond donors (Lipinski definition) is 2. The van der Waals surface area contributed by atoms with Gasteiger partial charge >= 0.3 is 11.9 Å².